The van der Waals surface area contributed by atoms with Gasteiger partial charge in [-0.15, -0.1) is 16.8 Å². The molecule has 2 aromatic carbocycles. The Balaban J connectivity index is 1.38. The van der Waals surface area contributed by atoms with E-state index in [1.807, 2.05) is 28.8 Å². The zero-order chi connectivity index (χ0) is 21.6. The van der Waals surface area contributed by atoms with Crippen molar-refractivity contribution in [1.82, 2.24) is 14.8 Å². The predicted molar refractivity (Wildman–Crippen MR) is 116 cm³/mol. The Morgan fingerprint density at radius 1 is 1.26 bits per heavy atom. The lowest BCUT2D eigenvalue weighted by Crippen LogP contribution is -2.25. The van der Waals surface area contributed by atoms with Gasteiger partial charge >= 0.3 is 0 Å². The van der Waals surface area contributed by atoms with Crippen molar-refractivity contribution < 1.29 is 18.7 Å². The van der Waals surface area contributed by atoms with Crippen molar-refractivity contribution in [2.75, 3.05) is 17.7 Å². The van der Waals surface area contributed by atoms with Crippen LogP contribution in [-0.4, -0.2) is 33.0 Å². The molecule has 3 aromatic rings. The summed E-state index contributed by atoms with van der Waals surface area (Å²) in [6.07, 6.45) is 1.60. The van der Waals surface area contributed by atoms with Crippen molar-refractivity contribution >= 4 is 23.4 Å². The number of nitrogens with one attached hydrogen (secondary N) is 1. The second kappa shape index (κ2) is 9.65. The summed E-state index contributed by atoms with van der Waals surface area (Å²) in [6, 6.07) is 13.3. The number of carbonyl (C=O) groups excluding carboxylic acids is 1. The van der Waals surface area contributed by atoms with Crippen molar-refractivity contribution in [3.8, 4) is 11.5 Å². The SMILES string of the molecule is C=CCn1c(SCCC(=O)Nc2cccc(F)c2)nnc1[C@H]1COc2ccccc2O1. The van der Waals surface area contributed by atoms with Gasteiger partial charge in [0.05, 0.1) is 0 Å². The number of allylic oxidation sites excluding steroid dienone is 1. The molecular weight excluding hydrogens is 419 g/mol. The third-order valence-corrected chi connectivity index (χ3v) is 5.49. The standard InChI is InChI=1S/C22H21FN4O3S/c1-2-11-27-21(19-14-29-17-8-3-4-9-18(17)30-19)25-26-22(27)31-12-10-20(28)24-16-7-5-6-15(23)13-16/h2-9,13,19H,1,10-12,14H2,(H,24,28)/t19-/m1/s1. The molecule has 0 bridgehead atoms. The van der Waals surface area contributed by atoms with Gasteiger partial charge in [-0.25, -0.2) is 4.39 Å². The van der Waals surface area contributed by atoms with Gasteiger partial charge in [0.2, 0.25) is 5.91 Å². The zero-order valence-corrected chi connectivity index (χ0v) is 17.5. The minimum absolute atomic E-state index is 0.200. The highest BCUT2D eigenvalue weighted by molar-refractivity contribution is 7.99. The van der Waals surface area contributed by atoms with Crippen LogP contribution in [0.25, 0.3) is 0 Å². The van der Waals surface area contributed by atoms with E-state index < -0.39 is 11.9 Å². The first kappa shape index (κ1) is 20.9. The molecule has 0 spiro atoms. The van der Waals surface area contributed by atoms with Crippen LogP contribution >= 0.6 is 11.8 Å². The van der Waals surface area contributed by atoms with Crippen molar-refractivity contribution in [2.24, 2.45) is 0 Å². The van der Waals surface area contributed by atoms with E-state index >= 15 is 0 Å². The molecule has 0 unspecified atom stereocenters. The molecule has 1 aliphatic rings. The molecule has 0 fully saturated rings. The second-order valence-corrected chi connectivity index (χ2v) is 7.82. The summed E-state index contributed by atoms with van der Waals surface area (Å²) < 4.78 is 27.0. The van der Waals surface area contributed by atoms with E-state index in [1.165, 1.54) is 23.9 Å². The maximum Gasteiger partial charge on any atom is 0.225 e. The number of nitrogens with zero attached hydrogens (tertiary/aromatic N) is 3. The molecule has 1 N–H and O–H groups in total. The van der Waals surface area contributed by atoms with Crippen LogP contribution in [0.5, 0.6) is 11.5 Å². The van der Waals surface area contributed by atoms with Crippen LogP contribution in [0.15, 0.2) is 66.3 Å². The number of amides is 1. The van der Waals surface area contributed by atoms with Crippen LogP contribution in [0, 0.1) is 5.82 Å². The van der Waals surface area contributed by atoms with Crippen LogP contribution in [0.4, 0.5) is 10.1 Å². The third-order valence-electron chi connectivity index (χ3n) is 4.52. The average molecular weight is 441 g/mol. The smallest absolute Gasteiger partial charge is 0.225 e. The van der Waals surface area contributed by atoms with Crippen molar-refractivity contribution in [2.45, 2.75) is 24.2 Å². The molecule has 1 aliphatic heterocycles. The van der Waals surface area contributed by atoms with Crippen molar-refractivity contribution in [3.05, 3.63) is 72.8 Å². The number of hydrogen-bond donors (Lipinski definition) is 1. The molecule has 0 aliphatic carbocycles. The lowest BCUT2D eigenvalue weighted by atomic mass is 10.2. The minimum atomic E-state index is -0.395. The number of fused-ring (bicyclic) bond motifs is 1. The fourth-order valence-electron chi connectivity index (χ4n) is 3.12. The first-order valence-corrected chi connectivity index (χ1v) is 10.7. The van der Waals surface area contributed by atoms with Crippen LogP contribution < -0.4 is 14.8 Å². The fourth-order valence-corrected chi connectivity index (χ4v) is 4.01. The summed E-state index contributed by atoms with van der Waals surface area (Å²) >= 11 is 1.41. The number of thioether (sulfide) groups is 1. The van der Waals surface area contributed by atoms with Gasteiger partial charge in [0, 0.05) is 24.4 Å². The van der Waals surface area contributed by atoms with Crippen molar-refractivity contribution in [1.29, 1.82) is 0 Å². The van der Waals surface area contributed by atoms with Gasteiger partial charge in [0.15, 0.2) is 28.6 Å². The highest BCUT2D eigenvalue weighted by atomic mass is 32.2. The predicted octanol–water partition coefficient (Wildman–Crippen LogP) is 4.24. The molecule has 7 nitrogen and oxygen atoms in total. The molecule has 0 saturated carbocycles. The Bertz CT molecular complexity index is 1090. The van der Waals surface area contributed by atoms with Crippen LogP contribution in [0.1, 0.15) is 18.3 Å². The summed E-state index contributed by atoms with van der Waals surface area (Å²) in [5.41, 5.74) is 0.432. The van der Waals surface area contributed by atoms with Gasteiger partial charge in [-0.2, -0.15) is 0 Å². The van der Waals surface area contributed by atoms with Gasteiger partial charge in [0.1, 0.15) is 12.4 Å². The van der Waals surface area contributed by atoms with E-state index in [2.05, 4.69) is 22.1 Å². The first-order valence-electron chi connectivity index (χ1n) is 9.74. The van der Waals surface area contributed by atoms with Gasteiger partial charge in [-0.3, -0.25) is 9.36 Å². The second-order valence-electron chi connectivity index (χ2n) is 6.76. The highest BCUT2D eigenvalue weighted by Gasteiger charge is 2.28. The Morgan fingerprint density at radius 3 is 2.90 bits per heavy atom. The summed E-state index contributed by atoms with van der Waals surface area (Å²) in [6.45, 7) is 4.64. The maximum absolute atomic E-state index is 13.2. The highest BCUT2D eigenvalue weighted by Crippen LogP contribution is 2.36. The number of anilines is 1. The number of hydrogen-bond acceptors (Lipinski definition) is 6. The van der Waals surface area contributed by atoms with E-state index in [0.29, 0.717) is 47.1 Å². The lowest BCUT2D eigenvalue weighted by molar-refractivity contribution is -0.115. The van der Waals surface area contributed by atoms with Gasteiger partial charge < -0.3 is 14.8 Å². The number of benzene rings is 2. The van der Waals surface area contributed by atoms with Crippen LogP contribution in [0.3, 0.4) is 0 Å². The monoisotopic (exact) mass is 440 g/mol. The van der Waals surface area contributed by atoms with Crippen LogP contribution in [-0.2, 0) is 11.3 Å². The number of carbonyl (C=O) groups is 1. The third kappa shape index (κ3) is 5.05. The Labute approximate surface area is 183 Å². The topological polar surface area (TPSA) is 78.3 Å². The first-order chi connectivity index (χ1) is 15.1. The van der Waals surface area contributed by atoms with E-state index in [9.17, 15) is 9.18 Å². The van der Waals surface area contributed by atoms with E-state index in [0.717, 1.165) is 0 Å². The zero-order valence-electron chi connectivity index (χ0n) is 16.7. The molecule has 160 valence electrons. The maximum atomic E-state index is 13.2. The van der Waals surface area contributed by atoms with Crippen molar-refractivity contribution in [3.63, 3.8) is 0 Å². The fraction of sp³-hybridized carbons (Fsp3) is 0.227. The quantitative estimate of drug-likeness (QED) is 0.417. The minimum Gasteiger partial charge on any atom is -0.485 e. The summed E-state index contributed by atoms with van der Waals surface area (Å²) in [7, 11) is 0. The molecule has 9 heteroatoms. The number of ether oxygens (including phenoxy) is 2. The molecule has 1 aromatic heterocycles. The largest absolute Gasteiger partial charge is 0.485 e. The van der Waals surface area contributed by atoms with Gasteiger partial charge in [0.25, 0.3) is 0 Å². The Hall–Kier alpha value is -3.33. The molecule has 1 atom stereocenters. The average Bonchev–Trinajstić information content (AvgIpc) is 3.16. The summed E-state index contributed by atoms with van der Waals surface area (Å²) in [5, 5.41) is 11.9. The molecule has 4 rings (SSSR count). The Morgan fingerprint density at radius 2 is 2.10 bits per heavy atom. The summed E-state index contributed by atoms with van der Waals surface area (Å²) in [5.74, 6) is 1.90. The molecular formula is C22H21FN4O3S. The summed E-state index contributed by atoms with van der Waals surface area (Å²) in [4.78, 5) is 12.2. The molecule has 1 amide bonds. The molecule has 0 saturated heterocycles. The van der Waals surface area contributed by atoms with E-state index in [-0.39, 0.29) is 12.3 Å². The van der Waals surface area contributed by atoms with Gasteiger partial charge in [-0.05, 0) is 30.3 Å². The normalized spacial score (nSPS) is 14.8. The molecule has 2 heterocycles. The number of rotatable bonds is 8. The number of aromatic nitrogens is 3. The Kier molecular flexibility index (Phi) is 6.51. The molecule has 31 heavy (non-hydrogen) atoms. The number of halogens is 1. The van der Waals surface area contributed by atoms with E-state index in [4.69, 9.17) is 9.47 Å². The van der Waals surface area contributed by atoms with E-state index in [1.54, 1.807) is 18.2 Å². The number of para-hydroxylation sites is 2. The lowest BCUT2D eigenvalue weighted by Gasteiger charge is -2.26. The van der Waals surface area contributed by atoms with Crippen LogP contribution in [0.2, 0.25) is 0 Å². The molecule has 0 radical (unpaired) electrons. The van der Waals surface area contributed by atoms with Gasteiger partial charge in [-0.1, -0.05) is 36.0 Å².